The predicted octanol–water partition coefficient (Wildman–Crippen LogP) is 1.93. The summed E-state index contributed by atoms with van der Waals surface area (Å²) in [6, 6.07) is 3.06. The van der Waals surface area contributed by atoms with Crippen molar-refractivity contribution in [3.63, 3.8) is 0 Å². The molecule has 0 bridgehead atoms. The van der Waals surface area contributed by atoms with Gasteiger partial charge in [0.15, 0.2) is 11.5 Å². The lowest BCUT2D eigenvalue weighted by Gasteiger charge is -1.96. The number of hydrogen-bond donors (Lipinski definition) is 0. The molecule has 14 heavy (non-hydrogen) atoms. The highest BCUT2D eigenvalue weighted by molar-refractivity contribution is 5.44. The van der Waals surface area contributed by atoms with E-state index in [2.05, 4.69) is 4.98 Å². The van der Waals surface area contributed by atoms with E-state index in [0.29, 0.717) is 12.3 Å². The van der Waals surface area contributed by atoms with Gasteiger partial charge in [0.25, 0.3) is 0 Å². The molecule has 0 unspecified atom stereocenters. The molecule has 0 aliphatic rings. The fourth-order valence-electron chi connectivity index (χ4n) is 1.47. The molecule has 74 valence electrons. The lowest BCUT2D eigenvalue weighted by atomic mass is 10.3. The molecule has 0 radical (unpaired) electrons. The van der Waals surface area contributed by atoms with Gasteiger partial charge in [0.2, 0.25) is 0 Å². The number of rotatable bonds is 2. The second kappa shape index (κ2) is 3.38. The summed E-state index contributed by atoms with van der Waals surface area (Å²) >= 11 is 0. The second-order valence-electron chi connectivity index (χ2n) is 3.13. The molecule has 3 nitrogen and oxygen atoms in total. The van der Waals surface area contributed by atoms with Crippen molar-refractivity contribution in [2.24, 2.45) is 0 Å². The lowest BCUT2D eigenvalue weighted by molar-refractivity contribution is 0.181. The summed E-state index contributed by atoms with van der Waals surface area (Å²) in [5.41, 5.74) is 2.05. The highest BCUT2D eigenvalue weighted by Crippen LogP contribution is 2.14. The van der Waals surface area contributed by atoms with Crippen LogP contribution in [0, 0.1) is 12.7 Å². The molecule has 0 aromatic carbocycles. The number of hydrogen-bond acceptors (Lipinski definition) is 2. The van der Waals surface area contributed by atoms with Crippen LogP contribution in [0.4, 0.5) is 4.39 Å². The van der Waals surface area contributed by atoms with Crippen molar-refractivity contribution in [2.75, 3.05) is 7.11 Å². The van der Waals surface area contributed by atoms with Crippen LogP contribution in [0.1, 0.15) is 11.4 Å². The van der Waals surface area contributed by atoms with Crippen molar-refractivity contribution >= 4 is 5.65 Å². The van der Waals surface area contributed by atoms with E-state index in [9.17, 15) is 4.39 Å². The standard InChI is InChI=1S/C10H11FN2O/c1-7-9(6-14-2)12-10-8(11)4-3-5-13(7)10/h3-5H,6H2,1-2H3. The number of pyridine rings is 1. The van der Waals surface area contributed by atoms with Gasteiger partial charge in [0.05, 0.1) is 12.3 Å². The van der Waals surface area contributed by atoms with Crippen LogP contribution in [-0.2, 0) is 11.3 Å². The van der Waals surface area contributed by atoms with Crippen LogP contribution in [-0.4, -0.2) is 16.5 Å². The van der Waals surface area contributed by atoms with E-state index < -0.39 is 0 Å². The Morgan fingerprint density at radius 3 is 3.00 bits per heavy atom. The van der Waals surface area contributed by atoms with E-state index in [1.807, 2.05) is 6.92 Å². The number of fused-ring (bicyclic) bond motifs is 1. The number of aryl methyl sites for hydroxylation is 1. The fourth-order valence-corrected chi connectivity index (χ4v) is 1.47. The van der Waals surface area contributed by atoms with Gasteiger partial charge in [-0.05, 0) is 19.1 Å². The fraction of sp³-hybridized carbons (Fsp3) is 0.300. The summed E-state index contributed by atoms with van der Waals surface area (Å²) in [7, 11) is 1.60. The van der Waals surface area contributed by atoms with Gasteiger partial charge in [-0.15, -0.1) is 0 Å². The van der Waals surface area contributed by atoms with Crippen molar-refractivity contribution in [2.45, 2.75) is 13.5 Å². The zero-order chi connectivity index (χ0) is 10.1. The minimum atomic E-state index is -0.307. The third-order valence-corrected chi connectivity index (χ3v) is 2.22. The Hall–Kier alpha value is -1.42. The molecule has 2 aromatic rings. The SMILES string of the molecule is COCc1nc2c(F)cccn2c1C. The van der Waals surface area contributed by atoms with E-state index in [0.717, 1.165) is 11.4 Å². The van der Waals surface area contributed by atoms with E-state index >= 15 is 0 Å². The van der Waals surface area contributed by atoms with E-state index in [1.54, 1.807) is 23.8 Å². The molecule has 0 aliphatic carbocycles. The minimum Gasteiger partial charge on any atom is -0.378 e. The number of nitrogens with zero attached hydrogens (tertiary/aromatic N) is 2. The first-order valence-electron chi connectivity index (χ1n) is 4.35. The first-order valence-corrected chi connectivity index (χ1v) is 4.35. The molecule has 0 aliphatic heterocycles. The van der Waals surface area contributed by atoms with Gasteiger partial charge < -0.3 is 9.14 Å². The van der Waals surface area contributed by atoms with Gasteiger partial charge in [-0.1, -0.05) is 0 Å². The Balaban J connectivity index is 2.67. The van der Waals surface area contributed by atoms with Gasteiger partial charge in [-0.25, -0.2) is 9.37 Å². The first kappa shape index (κ1) is 9.15. The molecule has 0 spiro atoms. The molecule has 0 atom stereocenters. The maximum absolute atomic E-state index is 13.3. The zero-order valence-electron chi connectivity index (χ0n) is 8.12. The van der Waals surface area contributed by atoms with Gasteiger partial charge >= 0.3 is 0 Å². The van der Waals surface area contributed by atoms with Crippen LogP contribution in [0.3, 0.4) is 0 Å². The molecule has 2 heterocycles. The summed E-state index contributed by atoms with van der Waals surface area (Å²) in [4.78, 5) is 4.16. The van der Waals surface area contributed by atoms with Crippen LogP contribution in [0.15, 0.2) is 18.3 Å². The van der Waals surface area contributed by atoms with Crippen LogP contribution < -0.4 is 0 Å². The topological polar surface area (TPSA) is 26.5 Å². The minimum absolute atomic E-state index is 0.307. The normalized spacial score (nSPS) is 11.1. The molecule has 0 saturated carbocycles. The number of ether oxygens (including phenoxy) is 1. The number of methoxy groups -OCH3 is 1. The van der Waals surface area contributed by atoms with Crippen LogP contribution in [0.2, 0.25) is 0 Å². The van der Waals surface area contributed by atoms with Crippen molar-refractivity contribution in [1.29, 1.82) is 0 Å². The molecular formula is C10H11FN2O. The molecule has 4 heteroatoms. The largest absolute Gasteiger partial charge is 0.378 e. The summed E-state index contributed by atoms with van der Waals surface area (Å²) in [5.74, 6) is -0.307. The first-order chi connectivity index (χ1) is 6.74. The van der Waals surface area contributed by atoms with Crippen LogP contribution in [0.25, 0.3) is 5.65 Å². The number of imidazole rings is 1. The maximum atomic E-state index is 13.3. The molecule has 0 fully saturated rings. The van der Waals surface area contributed by atoms with E-state index in [4.69, 9.17) is 4.74 Å². The highest BCUT2D eigenvalue weighted by atomic mass is 19.1. The predicted molar refractivity (Wildman–Crippen MR) is 50.6 cm³/mol. The zero-order valence-corrected chi connectivity index (χ0v) is 8.12. The average Bonchev–Trinajstić information content (AvgIpc) is 2.48. The monoisotopic (exact) mass is 194 g/mol. The van der Waals surface area contributed by atoms with Crippen molar-refractivity contribution < 1.29 is 9.13 Å². The van der Waals surface area contributed by atoms with Gasteiger partial charge in [0.1, 0.15) is 0 Å². The molecule has 2 aromatic heterocycles. The summed E-state index contributed by atoms with van der Waals surface area (Å²) in [6.07, 6.45) is 1.79. The summed E-state index contributed by atoms with van der Waals surface area (Å²) < 4.78 is 20.0. The molecule has 0 saturated heterocycles. The Bertz CT molecular complexity index is 464. The highest BCUT2D eigenvalue weighted by Gasteiger charge is 2.10. The molecular weight excluding hydrogens is 183 g/mol. The van der Waals surface area contributed by atoms with Crippen molar-refractivity contribution in [3.05, 3.63) is 35.5 Å². The van der Waals surface area contributed by atoms with Crippen molar-refractivity contribution in [1.82, 2.24) is 9.38 Å². The Labute approximate surface area is 81.1 Å². The third-order valence-electron chi connectivity index (χ3n) is 2.22. The smallest absolute Gasteiger partial charge is 0.173 e. The quantitative estimate of drug-likeness (QED) is 0.730. The molecule has 0 N–H and O–H groups in total. The van der Waals surface area contributed by atoms with Gasteiger partial charge in [-0.2, -0.15) is 0 Å². The summed E-state index contributed by atoms with van der Waals surface area (Å²) in [5, 5.41) is 0. The van der Waals surface area contributed by atoms with Crippen molar-refractivity contribution in [3.8, 4) is 0 Å². The Morgan fingerprint density at radius 1 is 1.57 bits per heavy atom. The maximum Gasteiger partial charge on any atom is 0.173 e. The van der Waals surface area contributed by atoms with Gasteiger partial charge in [-0.3, -0.25) is 0 Å². The van der Waals surface area contributed by atoms with Crippen LogP contribution in [0.5, 0.6) is 0 Å². The van der Waals surface area contributed by atoms with Crippen LogP contribution >= 0.6 is 0 Å². The average molecular weight is 194 g/mol. The Kier molecular flexibility index (Phi) is 2.21. The van der Waals surface area contributed by atoms with E-state index in [-0.39, 0.29) is 5.82 Å². The lowest BCUT2D eigenvalue weighted by Crippen LogP contribution is -1.91. The number of aromatic nitrogens is 2. The summed E-state index contributed by atoms with van der Waals surface area (Å²) in [6.45, 7) is 2.31. The van der Waals surface area contributed by atoms with Gasteiger partial charge in [0, 0.05) is 19.0 Å². The van der Waals surface area contributed by atoms with E-state index in [1.165, 1.54) is 6.07 Å². The second-order valence-corrected chi connectivity index (χ2v) is 3.13. The molecule has 0 amide bonds. The molecule has 2 rings (SSSR count). The Morgan fingerprint density at radius 2 is 2.36 bits per heavy atom. The third kappa shape index (κ3) is 1.28. The number of halogens is 1.